The van der Waals surface area contributed by atoms with Crippen molar-refractivity contribution in [3.8, 4) is 0 Å². The Morgan fingerprint density at radius 1 is 1.18 bits per heavy atom. The zero-order valence-corrected chi connectivity index (χ0v) is 8.54. The first-order valence-corrected chi connectivity index (χ1v) is 4.44. The molecule has 0 spiro atoms. The highest BCUT2D eigenvalue weighted by Gasteiger charge is 2.11. The summed E-state index contributed by atoms with van der Waals surface area (Å²) in [5.74, 6) is 0. The first-order chi connectivity index (χ1) is 5.00. The lowest BCUT2D eigenvalue weighted by molar-refractivity contribution is 0.591. The first-order valence-electron chi connectivity index (χ1n) is 3.86. The van der Waals surface area contributed by atoms with E-state index in [1.165, 1.54) is 9.99 Å². The van der Waals surface area contributed by atoms with Crippen LogP contribution in [0.5, 0.6) is 0 Å². The zero-order chi connectivity index (χ0) is 8.48. The lowest BCUT2D eigenvalue weighted by Gasteiger charge is -2.19. The van der Waals surface area contributed by atoms with Crippen LogP contribution in [0.25, 0.3) is 0 Å². The molecular formula is C10H13Al. The highest BCUT2D eigenvalue weighted by molar-refractivity contribution is 6.32. The molecule has 0 amide bonds. The molecule has 0 aliphatic carbocycles. The fourth-order valence-electron chi connectivity index (χ4n) is 1.01. The van der Waals surface area contributed by atoms with Crippen LogP contribution < -0.4 is 4.43 Å². The summed E-state index contributed by atoms with van der Waals surface area (Å²) in [7, 11) is 0. The number of rotatable bonds is 0. The SMILES string of the molecule is CC(C)(C)c1ccc[c]([Al])c1. The molecule has 1 heteroatoms. The average Bonchev–Trinajstić information content (AvgIpc) is 1.86. The lowest BCUT2D eigenvalue weighted by Crippen LogP contribution is -2.14. The van der Waals surface area contributed by atoms with Crippen molar-refractivity contribution in [3.63, 3.8) is 0 Å². The van der Waals surface area contributed by atoms with E-state index >= 15 is 0 Å². The van der Waals surface area contributed by atoms with Gasteiger partial charge in [-0.2, -0.15) is 0 Å². The minimum atomic E-state index is 0.270. The third kappa shape index (κ3) is 2.36. The zero-order valence-electron chi connectivity index (χ0n) is 7.39. The van der Waals surface area contributed by atoms with Crippen molar-refractivity contribution in [1.82, 2.24) is 0 Å². The van der Waals surface area contributed by atoms with Gasteiger partial charge in [0.2, 0.25) is 0 Å². The highest BCUT2D eigenvalue weighted by atomic mass is 27.0. The van der Waals surface area contributed by atoms with Gasteiger partial charge in [-0.1, -0.05) is 45.0 Å². The van der Waals surface area contributed by atoms with E-state index < -0.39 is 0 Å². The van der Waals surface area contributed by atoms with E-state index in [4.69, 9.17) is 0 Å². The Kier molecular flexibility index (Phi) is 2.42. The van der Waals surface area contributed by atoms with Crippen molar-refractivity contribution in [2.45, 2.75) is 26.2 Å². The molecule has 0 aromatic heterocycles. The second-order valence-electron chi connectivity index (χ2n) is 3.88. The molecular weight excluding hydrogens is 147 g/mol. The van der Waals surface area contributed by atoms with Gasteiger partial charge in [0.15, 0.2) is 16.3 Å². The molecule has 0 saturated heterocycles. The van der Waals surface area contributed by atoms with Crippen molar-refractivity contribution in [3.05, 3.63) is 29.8 Å². The maximum atomic E-state index is 2.72. The Morgan fingerprint density at radius 2 is 1.82 bits per heavy atom. The summed E-state index contributed by atoms with van der Waals surface area (Å²) in [6.07, 6.45) is 0. The van der Waals surface area contributed by atoms with E-state index in [-0.39, 0.29) is 5.41 Å². The van der Waals surface area contributed by atoms with E-state index in [2.05, 4.69) is 61.3 Å². The standard InChI is InChI=1S/C10H13.Al/c1-10(2,3)9-7-5-4-6-8-9;/h4-5,7-8H,1-3H3;. The fraction of sp³-hybridized carbons (Fsp3) is 0.400. The Hall–Kier alpha value is -0.248. The van der Waals surface area contributed by atoms with Crippen LogP contribution in [0.2, 0.25) is 0 Å². The Bertz CT molecular complexity index is 245. The molecule has 0 aliphatic rings. The number of benzene rings is 1. The van der Waals surface area contributed by atoms with E-state index in [1.54, 1.807) is 0 Å². The molecule has 1 aromatic carbocycles. The second-order valence-corrected chi connectivity index (χ2v) is 4.54. The van der Waals surface area contributed by atoms with Crippen LogP contribution in [0.4, 0.5) is 0 Å². The quantitative estimate of drug-likeness (QED) is 0.507. The molecule has 0 unspecified atom stereocenters. The van der Waals surface area contributed by atoms with Crippen molar-refractivity contribution >= 4 is 20.7 Å². The summed E-state index contributed by atoms with van der Waals surface area (Å²) in [5, 5.41) is 0. The van der Waals surface area contributed by atoms with Crippen LogP contribution in [-0.4, -0.2) is 16.3 Å². The molecule has 0 nitrogen and oxygen atoms in total. The average molecular weight is 160 g/mol. The van der Waals surface area contributed by atoms with Crippen LogP contribution in [-0.2, 0) is 5.41 Å². The Morgan fingerprint density at radius 3 is 2.18 bits per heavy atom. The lowest BCUT2D eigenvalue weighted by atomic mass is 9.87. The van der Waals surface area contributed by atoms with Gasteiger partial charge in [-0.15, -0.1) is 4.43 Å². The van der Waals surface area contributed by atoms with Gasteiger partial charge in [-0.05, 0) is 11.0 Å². The molecule has 0 N–H and O–H groups in total. The number of hydrogen-bond donors (Lipinski definition) is 0. The van der Waals surface area contributed by atoms with Crippen LogP contribution in [0.15, 0.2) is 24.3 Å². The Labute approximate surface area is 77.1 Å². The summed E-state index contributed by atoms with van der Waals surface area (Å²) < 4.78 is 1.26. The van der Waals surface area contributed by atoms with Crippen LogP contribution in [0.1, 0.15) is 26.3 Å². The fourth-order valence-corrected chi connectivity index (χ4v) is 1.30. The molecule has 0 heterocycles. The summed E-state index contributed by atoms with van der Waals surface area (Å²) in [4.78, 5) is 0. The topological polar surface area (TPSA) is 0 Å². The predicted molar refractivity (Wildman–Crippen MR) is 50.5 cm³/mol. The van der Waals surface area contributed by atoms with Crippen molar-refractivity contribution in [1.29, 1.82) is 0 Å². The minimum Gasteiger partial charge on any atom is -0.139 e. The maximum absolute atomic E-state index is 2.72. The molecule has 0 bridgehead atoms. The van der Waals surface area contributed by atoms with Crippen molar-refractivity contribution in [2.24, 2.45) is 0 Å². The Balaban J connectivity index is 3.06. The summed E-state index contributed by atoms with van der Waals surface area (Å²) in [5.41, 5.74) is 1.66. The molecule has 0 atom stereocenters. The third-order valence-electron chi connectivity index (χ3n) is 1.75. The van der Waals surface area contributed by atoms with Crippen molar-refractivity contribution in [2.75, 3.05) is 0 Å². The van der Waals surface area contributed by atoms with Gasteiger partial charge in [0.05, 0.1) is 0 Å². The molecule has 1 rings (SSSR count). The second kappa shape index (κ2) is 3.01. The van der Waals surface area contributed by atoms with E-state index in [1.807, 2.05) is 0 Å². The molecule has 0 fully saturated rings. The largest absolute Gasteiger partial charge is 0.175 e. The monoisotopic (exact) mass is 160 g/mol. The maximum Gasteiger partial charge on any atom is 0.175 e. The summed E-state index contributed by atoms with van der Waals surface area (Å²) in [6, 6.07) is 8.58. The van der Waals surface area contributed by atoms with Gasteiger partial charge < -0.3 is 0 Å². The van der Waals surface area contributed by atoms with Crippen LogP contribution >= 0.6 is 0 Å². The summed E-state index contributed by atoms with van der Waals surface area (Å²) in [6.45, 7) is 6.69. The van der Waals surface area contributed by atoms with Gasteiger partial charge in [0.25, 0.3) is 0 Å². The molecule has 56 valence electrons. The molecule has 11 heavy (non-hydrogen) atoms. The molecule has 1 aromatic rings. The summed E-state index contributed by atoms with van der Waals surface area (Å²) >= 11 is 2.72. The van der Waals surface area contributed by atoms with Crippen molar-refractivity contribution < 1.29 is 0 Å². The van der Waals surface area contributed by atoms with Crippen LogP contribution in [0.3, 0.4) is 0 Å². The van der Waals surface area contributed by atoms with E-state index in [0.717, 1.165) is 0 Å². The van der Waals surface area contributed by atoms with Gasteiger partial charge in [-0.3, -0.25) is 0 Å². The highest BCUT2D eigenvalue weighted by Crippen LogP contribution is 2.20. The normalized spacial score (nSPS) is 11.5. The molecule has 0 saturated carbocycles. The van der Waals surface area contributed by atoms with Gasteiger partial charge in [0.1, 0.15) is 0 Å². The van der Waals surface area contributed by atoms with Crippen LogP contribution in [0, 0.1) is 0 Å². The van der Waals surface area contributed by atoms with Gasteiger partial charge in [-0.25, -0.2) is 0 Å². The van der Waals surface area contributed by atoms with E-state index in [0.29, 0.717) is 0 Å². The van der Waals surface area contributed by atoms with Gasteiger partial charge >= 0.3 is 0 Å². The predicted octanol–water partition coefficient (Wildman–Crippen LogP) is 1.78. The molecule has 0 aliphatic heterocycles. The first kappa shape index (κ1) is 8.85. The molecule has 2 radical (unpaired) electrons. The smallest absolute Gasteiger partial charge is 0.139 e. The number of hydrogen-bond acceptors (Lipinski definition) is 0. The third-order valence-corrected chi connectivity index (χ3v) is 2.11. The van der Waals surface area contributed by atoms with E-state index in [9.17, 15) is 0 Å². The minimum absolute atomic E-state index is 0.270. The van der Waals surface area contributed by atoms with Gasteiger partial charge in [0, 0.05) is 0 Å².